The molecule has 2 N–H and O–H groups in total. The van der Waals surface area contributed by atoms with Crippen LogP contribution in [0.2, 0.25) is 0 Å². The fourth-order valence-corrected chi connectivity index (χ4v) is 4.89. The Labute approximate surface area is 261 Å². The molecule has 10 nitrogen and oxygen atoms in total. The molecular weight excluding hydrogens is 578 g/mol. The van der Waals surface area contributed by atoms with Gasteiger partial charge in [0.2, 0.25) is 11.0 Å². The summed E-state index contributed by atoms with van der Waals surface area (Å²) in [7, 11) is 0. The van der Waals surface area contributed by atoms with Crippen LogP contribution in [0.3, 0.4) is 0 Å². The van der Waals surface area contributed by atoms with E-state index < -0.39 is 0 Å². The third-order valence-electron chi connectivity index (χ3n) is 6.73. The molecule has 0 spiro atoms. The van der Waals surface area contributed by atoms with Crippen molar-refractivity contribution in [1.29, 1.82) is 0 Å². The number of nitrogens with one attached hydrogen (secondary N) is 2. The van der Waals surface area contributed by atoms with Crippen molar-refractivity contribution in [3.8, 4) is 17.2 Å². The first-order valence-corrected chi connectivity index (χ1v) is 15.3. The molecule has 1 unspecified atom stereocenters. The smallest absolute Gasteiger partial charge is 0.257 e. The van der Waals surface area contributed by atoms with Gasteiger partial charge in [-0.15, -0.1) is 10.2 Å². The molecule has 4 aromatic rings. The highest BCUT2D eigenvalue weighted by Crippen LogP contribution is 2.28. The van der Waals surface area contributed by atoms with Crippen molar-refractivity contribution >= 4 is 34.5 Å². The molecule has 2 amide bonds. The summed E-state index contributed by atoms with van der Waals surface area (Å²) >= 11 is 1.13. The number of carbonyl (C=O) groups excluding carboxylic acids is 2. The van der Waals surface area contributed by atoms with Gasteiger partial charge in [-0.1, -0.05) is 55.5 Å². The molecule has 1 aromatic heterocycles. The Morgan fingerprint density at radius 3 is 2.48 bits per heavy atom. The van der Waals surface area contributed by atoms with Crippen LogP contribution in [0.4, 0.5) is 5.13 Å². The topological polar surface area (TPSA) is 124 Å². The molecule has 11 heteroatoms. The summed E-state index contributed by atoms with van der Waals surface area (Å²) in [5.41, 5.74) is 5.91. The number of aromatic nitrogens is 2. The number of hydrazone groups is 1. The normalized spacial score (nSPS) is 11.6. The lowest BCUT2D eigenvalue weighted by Crippen LogP contribution is -2.19. The van der Waals surface area contributed by atoms with Crippen molar-refractivity contribution < 1.29 is 23.8 Å². The van der Waals surface area contributed by atoms with Crippen LogP contribution < -0.4 is 25.0 Å². The fourth-order valence-electron chi connectivity index (χ4n) is 4.16. The molecule has 1 atom stereocenters. The largest absolute Gasteiger partial charge is 0.490 e. The fraction of sp³-hybridized carbons (Fsp3) is 0.303. The van der Waals surface area contributed by atoms with Crippen LogP contribution in [-0.2, 0) is 11.2 Å². The van der Waals surface area contributed by atoms with E-state index in [4.69, 9.17) is 14.2 Å². The van der Waals surface area contributed by atoms with E-state index in [9.17, 15) is 9.59 Å². The van der Waals surface area contributed by atoms with E-state index >= 15 is 0 Å². The number of anilines is 1. The minimum Gasteiger partial charge on any atom is -0.490 e. The molecule has 44 heavy (non-hydrogen) atoms. The number of rotatable bonds is 15. The molecule has 0 radical (unpaired) electrons. The van der Waals surface area contributed by atoms with Gasteiger partial charge in [-0.05, 0) is 79.3 Å². The Hall–Kier alpha value is -4.77. The molecular formula is C33H37N5O5S. The summed E-state index contributed by atoms with van der Waals surface area (Å²) in [6.45, 7) is 9.33. The van der Waals surface area contributed by atoms with Gasteiger partial charge in [0.05, 0.1) is 19.2 Å². The third kappa shape index (κ3) is 9.37. The van der Waals surface area contributed by atoms with Crippen molar-refractivity contribution in [2.24, 2.45) is 5.10 Å². The van der Waals surface area contributed by atoms with Crippen LogP contribution in [-0.4, -0.2) is 48.0 Å². The first kappa shape index (κ1) is 32.2. The predicted octanol–water partition coefficient (Wildman–Crippen LogP) is 6.16. The van der Waals surface area contributed by atoms with E-state index in [2.05, 4.69) is 52.0 Å². The molecule has 0 bridgehead atoms. The van der Waals surface area contributed by atoms with Crippen LogP contribution in [0.25, 0.3) is 0 Å². The second-order valence-corrected chi connectivity index (χ2v) is 11.0. The minimum absolute atomic E-state index is 0.0315. The lowest BCUT2D eigenvalue weighted by atomic mass is 9.99. The van der Waals surface area contributed by atoms with E-state index in [0.29, 0.717) is 52.9 Å². The Kier molecular flexibility index (Phi) is 11.8. The number of amides is 2. The van der Waals surface area contributed by atoms with Gasteiger partial charge in [0.15, 0.2) is 11.5 Å². The molecule has 4 rings (SSSR count). The first-order chi connectivity index (χ1) is 21.4. The van der Waals surface area contributed by atoms with Crippen LogP contribution in [0, 0.1) is 6.92 Å². The SMILES string of the molecule is CCOc1cc(/C=N/NC(=O)Cc2nnc(NC(=O)c3ccccc3C)s2)ccc1OCCOc1ccc(C(C)CC)cc1. The van der Waals surface area contributed by atoms with Crippen molar-refractivity contribution in [3.63, 3.8) is 0 Å². The Morgan fingerprint density at radius 1 is 0.955 bits per heavy atom. The summed E-state index contributed by atoms with van der Waals surface area (Å²) in [6, 6.07) is 20.8. The minimum atomic E-state index is -0.367. The first-order valence-electron chi connectivity index (χ1n) is 14.5. The van der Waals surface area contributed by atoms with Gasteiger partial charge >= 0.3 is 0 Å². The number of ether oxygens (including phenoxy) is 3. The highest BCUT2D eigenvalue weighted by atomic mass is 32.1. The molecule has 230 valence electrons. The van der Waals surface area contributed by atoms with Gasteiger partial charge in [0, 0.05) is 5.56 Å². The average molecular weight is 616 g/mol. The lowest BCUT2D eigenvalue weighted by molar-refractivity contribution is -0.120. The van der Waals surface area contributed by atoms with Crippen molar-refractivity contribution in [2.75, 3.05) is 25.1 Å². The van der Waals surface area contributed by atoms with Crippen LogP contribution in [0.1, 0.15) is 65.2 Å². The molecule has 0 saturated carbocycles. The lowest BCUT2D eigenvalue weighted by Gasteiger charge is -2.14. The monoisotopic (exact) mass is 615 g/mol. The standard InChI is InChI=1S/C33H37N5O5S/c1-5-22(3)25-12-14-26(15-13-25)42-17-18-43-28-16-11-24(19-29(28)41-6-2)21-34-36-30(39)20-31-37-38-33(44-31)35-32(40)27-10-8-7-9-23(27)4/h7-16,19,21-22H,5-6,17-18,20H2,1-4H3,(H,36,39)(H,35,38,40)/b34-21+. The van der Waals surface area contributed by atoms with Crippen molar-refractivity contribution in [1.82, 2.24) is 15.6 Å². The van der Waals surface area contributed by atoms with E-state index in [1.165, 1.54) is 11.8 Å². The predicted molar refractivity (Wildman–Crippen MR) is 172 cm³/mol. The maximum atomic E-state index is 12.5. The number of nitrogens with zero attached hydrogens (tertiary/aromatic N) is 3. The van der Waals surface area contributed by atoms with Crippen LogP contribution >= 0.6 is 11.3 Å². The zero-order chi connectivity index (χ0) is 31.3. The van der Waals surface area contributed by atoms with E-state index in [1.54, 1.807) is 24.3 Å². The highest BCUT2D eigenvalue weighted by Gasteiger charge is 2.14. The molecule has 0 aliphatic heterocycles. The van der Waals surface area contributed by atoms with Gasteiger partial charge in [-0.3, -0.25) is 14.9 Å². The third-order valence-corrected chi connectivity index (χ3v) is 7.57. The summed E-state index contributed by atoms with van der Waals surface area (Å²) in [4.78, 5) is 24.9. The Balaban J connectivity index is 1.24. The van der Waals surface area contributed by atoms with Gasteiger partial charge in [0.1, 0.15) is 24.0 Å². The second-order valence-electron chi connectivity index (χ2n) is 9.95. The maximum Gasteiger partial charge on any atom is 0.257 e. The zero-order valence-electron chi connectivity index (χ0n) is 25.3. The number of hydrogen-bond donors (Lipinski definition) is 2. The van der Waals surface area contributed by atoms with Crippen LogP contribution in [0.5, 0.6) is 17.2 Å². The average Bonchev–Trinajstić information content (AvgIpc) is 3.46. The van der Waals surface area contributed by atoms with Crippen molar-refractivity contribution in [2.45, 2.75) is 46.5 Å². The summed E-state index contributed by atoms with van der Waals surface area (Å²) in [6.07, 6.45) is 2.58. The summed E-state index contributed by atoms with van der Waals surface area (Å²) < 4.78 is 17.5. The summed E-state index contributed by atoms with van der Waals surface area (Å²) in [5, 5.41) is 15.5. The Bertz CT molecular complexity index is 1570. The second kappa shape index (κ2) is 16.2. The van der Waals surface area contributed by atoms with Gasteiger partial charge in [0.25, 0.3) is 5.91 Å². The number of aryl methyl sites for hydroxylation is 1. The van der Waals surface area contributed by atoms with E-state index in [-0.39, 0.29) is 18.2 Å². The highest BCUT2D eigenvalue weighted by molar-refractivity contribution is 7.15. The van der Waals surface area contributed by atoms with Gasteiger partial charge in [-0.2, -0.15) is 5.10 Å². The van der Waals surface area contributed by atoms with Gasteiger partial charge < -0.3 is 14.2 Å². The molecule has 1 heterocycles. The molecule has 0 fully saturated rings. The van der Waals surface area contributed by atoms with Crippen molar-refractivity contribution in [3.05, 3.63) is 94.0 Å². The Morgan fingerprint density at radius 2 is 1.73 bits per heavy atom. The zero-order valence-corrected chi connectivity index (χ0v) is 26.1. The van der Waals surface area contributed by atoms with E-state index in [1.807, 2.05) is 44.2 Å². The number of carbonyl (C=O) groups is 2. The quantitative estimate of drug-likeness (QED) is 0.0932. The number of benzene rings is 3. The van der Waals surface area contributed by atoms with Crippen LogP contribution in [0.15, 0.2) is 71.8 Å². The molecule has 0 aliphatic carbocycles. The number of hydrogen-bond acceptors (Lipinski definition) is 9. The molecule has 3 aromatic carbocycles. The summed E-state index contributed by atoms with van der Waals surface area (Å²) in [5.74, 6) is 1.83. The molecule has 0 aliphatic rings. The van der Waals surface area contributed by atoms with E-state index in [0.717, 1.165) is 34.6 Å². The molecule has 0 saturated heterocycles. The van der Waals surface area contributed by atoms with Gasteiger partial charge in [-0.25, -0.2) is 5.43 Å². The maximum absolute atomic E-state index is 12.5.